The maximum atomic E-state index is 13.0. The Labute approximate surface area is 232 Å². The van der Waals surface area contributed by atoms with Gasteiger partial charge in [0.1, 0.15) is 19.0 Å². The molecule has 0 unspecified atom stereocenters. The van der Waals surface area contributed by atoms with Crippen molar-refractivity contribution in [3.63, 3.8) is 0 Å². The van der Waals surface area contributed by atoms with Crippen LogP contribution in [0.1, 0.15) is 23.6 Å². The van der Waals surface area contributed by atoms with Crippen molar-refractivity contribution in [2.45, 2.75) is 20.5 Å². The highest BCUT2D eigenvalue weighted by molar-refractivity contribution is 8.18. The third-order valence-corrected chi connectivity index (χ3v) is 7.13. The van der Waals surface area contributed by atoms with E-state index in [1.54, 1.807) is 6.08 Å². The standard InChI is InChI=1S/C32H29NO5S/c1-3-36-29-19-23(12-14-28(29)38-21-24-11-13-25-8-4-5-9-26(25)18-24)20-30-31(34)33(32(35)39-30)15-16-37-27-10-6-7-22(2)17-27/h4-14,17-20H,3,15-16,21H2,1-2H3/b30-20-. The third-order valence-electron chi connectivity index (χ3n) is 6.22. The van der Waals surface area contributed by atoms with Crippen molar-refractivity contribution < 1.29 is 23.8 Å². The Morgan fingerprint density at radius 2 is 1.67 bits per heavy atom. The van der Waals surface area contributed by atoms with E-state index in [0.29, 0.717) is 35.4 Å². The monoisotopic (exact) mass is 539 g/mol. The fourth-order valence-corrected chi connectivity index (χ4v) is 5.16. The maximum absolute atomic E-state index is 13.0. The van der Waals surface area contributed by atoms with E-state index in [1.165, 1.54) is 10.3 Å². The first kappa shape index (κ1) is 26.4. The lowest BCUT2D eigenvalue weighted by molar-refractivity contribution is -0.123. The minimum Gasteiger partial charge on any atom is -0.492 e. The summed E-state index contributed by atoms with van der Waals surface area (Å²) in [6, 6.07) is 27.6. The normalized spacial score (nSPS) is 14.3. The highest BCUT2D eigenvalue weighted by atomic mass is 32.2. The lowest BCUT2D eigenvalue weighted by Crippen LogP contribution is -2.32. The van der Waals surface area contributed by atoms with Gasteiger partial charge in [-0.25, -0.2) is 0 Å². The van der Waals surface area contributed by atoms with Gasteiger partial charge in [0.2, 0.25) is 0 Å². The number of carbonyl (C=O) groups is 2. The predicted molar refractivity (Wildman–Crippen MR) is 155 cm³/mol. The van der Waals surface area contributed by atoms with E-state index in [-0.39, 0.29) is 24.3 Å². The first-order valence-electron chi connectivity index (χ1n) is 12.8. The summed E-state index contributed by atoms with van der Waals surface area (Å²) in [5, 5.41) is 2.04. The molecule has 4 aromatic rings. The van der Waals surface area contributed by atoms with Gasteiger partial charge in [-0.2, -0.15) is 0 Å². The number of benzene rings is 4. The van der Waals surface area contributed by atoms with E-state index in [0.717, 1.165) is 33.8 Å². The molecule has 1 saturated heterocycles. The third kappa shape index (κ3) is 6.44. The molecule has 0 N–H and O–H groups in total. The maximum Gasteiger partial charge on any atom is 0.293 e. The summed E-state index contributed by atoms with van der Waals surface area (Å²) in [4.78, 5) is 27.1. The minimum atomic E-state index is -0.326. The molecule has 39 heavy (non-hydrogen) atoms. The van der Waals surface area contributed by atoms with E-state index >= 15 is 0 Å². The van der Waals surface area contributed by atoms with Crippen molar-refractivity contribution in [1.29, 1.82) is 0 Å². The highest BCUT2D eigenvalue weighted by Gasteiger charge is 2.34. The molecule has 2 amide bonds. The molecule has 0 aliphatic carbocycles. The molecule has 0 saturated carbocycles. The Hall–Kier alpha value is -4.23. The van der Waals surface area contributed by atoms with Crippen LogP contribution in [0.25, 0.3) is 16.8 Å². The Balaban J connectivity index is 1.25. The van der Waals surface area contributed by atoms with E-state index in [9.17, 15) is 9.59 Å². The first-order chi connectivity index (χ1) is 19.0. The molecule has 5 rings (SSSR count). The quantitative estimate of drug-likeness (QED) is 0.198. The smallest absolute Gasteiger partial charge is 0.293 e. The van der Waals surface area contributed by atoms with Gasteiger partial charge in [0.25, 0.3) is 11.1 Å². The summed E-state index contributed by atoms with van der Waals surface area (Å²) in [5.41, 5.74) is 2.89. The SMILES string of the molecule is CCOc1cc(/C=C2\SC(=O)N(CCOc3cccc(C)c3)C2=O)ccc1OCc1ccc2ccccc2c1. The number of carbonyl (C=O) groups excluding carboxylic acids is 2. The Morgan fingerprint density at radius 3 is 2.49 bits per heavy atom. The van der Waals surface area contributed by atoms with Gasteiger partial charge in [0.05, 0.1) is 18.1 Å². The first-order valence-corrected chi connectivity index (χ1v) is 13.6. The second-order valence-corrected chi connectivity index (χ2v) is 10.1. The van der Waals surface area contributed by atoms with Crippen LogP contribution in [-0.4, -0.2) is 35.8 Å². The number of ether oxygens (including phenoxy) is 3. The molecule has 1 heterocycles. The summed E-state index contributed by atoms with van der Waals surface area (Å²) >= 11 is 0.928. The van der Waals surface area contributed by atoms with E-state index in [2.05, 4.69) is 30.3 Å². The van der Waals surface area contributed by atoms with Crippen molar-refractivity contribution in [3.8, 4) is 17.2 Å². The Kier molecular flexibility index (Phi) is 8.18. The number of hydrogen-bond acceptors (Lipinski definition) is 6. The molecule has 0 aromatic heterocycles. The van der Waals surface area contributed by atoms with Crippen molar-refractivity contribution in [1.82, 2.24) is 4.90 Å². The van der Waals surface area contributed by atoms with Crippen molar-refractivity contribution in [3.05, 3.63) is 107 Å². The van der Waals surface area contributed by atoms with E-state index in [1.807, 2.05) is 68.4 Å². The zero-order valence-electron chi connectivity index (χ0n) is 21.9. The number of aryl methyl sites for hydroxylation is 1. The topological polar surface area (TPSA) is 65.1 Å². The fourth-order valence-electron chi connectivity index (χ4n) is 4.30. The molecule has 0 bridgehead atoms. The molecular weight excluding hydrogens is 510 g/mol. The minimum absolute atomic E-state index is 0.182. The van der Waals surface area contributed by atoms with Gasteiger partial charge in [-0.3, -0.25) is 14.5 Å². The van der Waals surface area contributed by atoms with E-state index in [4.69, 9.17) is 14.2 Å². The summed E-state index contributed by atoms with van der Waals surface area (Å²) in [5.74, 6) is 1.58. The number of imide groups is 1. The average molecular weight is 540 g/mol. The van der Waals surface area contributed by atoms with Crippen LogP contribution in [0.3, 0.4) is 0 Å². The van der Waals surface area contributed by atoms with Gasteiger partial charge in [0.15, 0.2) is 11.5 Å². The average Bonchev–Trinajstić information content (AvgIpc) is 3.20. The van der Waals surface area contributed by atoms with Crippen LogP contribution >= 0.6 is 11.8 Å². The van der Waals surface area contributed by atoms with Crippen molar-refractivity contribution in [2.75, 3.05) is 19.8 Å². The number of nitrogens with zero attached hydrogens (tertiary/aromatic N) is 1. The zero-order chi connectivity index (χ0) is 27.2. The van der Waals surface area contributed by atoms with Crippen molar-refractivity contribution in [2.24, 2.45) is 0 Å². The van der Waals surface area contributed by atoms with Gasteiger partial charge >= 0.3 is 0 Å². The molecule has 1 aliphatic heterocycles. The second-order valence-electron chi connectivity index (χ2n) is 9.11. The Morgan fingerprint density at radius 1 is 0.821 bits per heavy atom. The van der Waals surface area contributed by atoms with E-state index < -0.39 is 0 Å². The van der Waals surface area contributed by atoms with Crippen LogP contribution in [0, 0.1) is 6.92 Å². The largest absolute Gasteiger partial charge is 0.492 e. The molecule has 198 valence electrons. The number of fused-ring (bicyclic) bond motifs is 1. The van der Waals surface area contributed by atoms with Gasteiger partial charge < -0.3 is 14.2 Å². The molecule has 6 nitrogen and oxygen atoms in total. The molecular formula is C32H29NO5S. The molecule has 7 heteroatoms. The van der Waals surface area contributed by atoms with Gasteiger partial charge in [0, 0.05) is 0 Å². The van der Waals surface area contributed by atoms with Crippen LogP contribution in [0.15, 0.2) is 89.8 Å². The molecule has 1 aliphatic rings. The fraction of sp³-hybridized carbons (Fsp3) is 0.188. The summed E-state index contributed by atoms with van der Waals surface area (Å²) in [6.45, 7) is 5.16. The molecule has 4 aromatic carbocycles. The highest BCUT2D eigenvalue weighted by Crippen LogP contribution is 2.35. The molecule has 0 radical (unpaired) electrons. The predicted octanol–water partition coefficient (Wildman–Crippen LogP) is 7.24. The molecule has 0 spiro atoms. The van der Waals surface area contributed by atoms with Crippen LogP contribution < -0.4 is 14.2 Å². The van der Waals surface area contributed by atoms with Crippen LogP contribution in [-0.2, 0) is 11.4 Å². The van der Waals surface area contributed by atoms with Crippen LogP contribution in [0.2, 0.25) is 0 Å². The number of thioether (sulfide) groups is 1. The number of hydrogen-bond donors (Lipinski definition) is 0. The van der Waals surface area contributed by atoms with Crippen LogP contribution in [0.5, 0.6) is 17.2 Å². The van der Waals surface area contributed by atoms with Gasteiger partial charge in [-0.1, -0.05) is 54.6 Å². The van der Waals surface area contributed by atoms with Crippen molar-refractivity contribution >= 4 is 39.8 Å². The molecule has 0 atom stereocenters. The summed E-state index contributed by atoms with van der Waals surface area (Å²) in [7, 11) is 0. The number of amides is 2. The zero-order valence-corrected chi connectivity index (χ0v) is 22.7. The summed E-state index contributed by atoms with van der Waals surface area (Å²) < 4.78 is 17.7. The second kappa shape index (κ2) is 12.1. The van der Waals surface area contributed by atoms with Gasteiger partial charge in [-0.05, 0) is 89.5 Å². The molecule has 1 fully saturated rings. The lowest BCUT2D eigenvalue weighted by Gasteiger charge is -2.14. The lowest BCUT2D eigenvalue weighted by atomic mass is 10.1. The van der Waals surface area contributed by atoms with Gasteiger partial charge in [-0.15, -0.1) is 0 Å². The van der Waals surface area contributed by atoms with Crippen LogP contribution in [0.4, 0.5) is 4.79 Å². The Bertz CT molecular complexity index is 1550. The summed E-state index contributed by atoms with van der Waals surface area (Å²) in [6.07, 6.45) is 1.71. The number of rotatable bonds is 10.